The van der Waals surface area contributed by atoms with Gasteiger partial charge in [0.05, 0.1) is 11.3 Å². The normalized spacial score (nSPS) is 13.8. The molecule has 1 unspecified atom stereocenters. The van der Waals surface area contributed by atoms with Crippen LogP contribution in [-0.4, -0.2) is 33.6 Å². The Hall–Kier alpha value is -3.21. The molecule has 6 nitrogen and oxygen atoms in total. The molecule has 1 atom stereocenters. The highest BCUT2D eigenvalue weighted by atomic mass is 19.4. The molecule has 0 radical (unpaired) electrons. The quantitative estimate of drug-likeness (QED) is 0.376. The number of nitrogens with two attached hydrogens (primary N) is 1. The first-order chi connectivity index (χ1) is 16.7. The van der Waals surface area contributed by atoms with Gasteiger partial charge in [0, 0.05) is 24.7 Å². The van der Waals surface area contributed by atoms with E-state index >= 15 is 0 Å². The van der Waals surface area contributed by atoms with Gasteiger partial charge < -0.3 is 15.8 Å². The molecule has 0 spiro atoms. The first kappa shape index (κ1) is 27.4. The van der Waals surface area contributed by atoms with Crippen molar-refractivity contribution in [3.63, 3.8) is 0 Å². The second-order valence-electron chi connectivity index (χ2n) is 9.52. The van der Waals surface area contributed by atoms with Crippen LogP contribution in [0.25, 0.3) is 5.65 Å². The van der Waals surface area contributed by atoms with Gasteiger partial charge in [-0.25, -0.2) is 13.8 Å². The highest BCUT2D eigenvalue weighted by Gasteiger charge is 2.32. The molecule has 36 heavy (non-hydrogen) atoms. The first-order valence-electron chi connectivity index (χ1n) is 11.4. The van der Waals surface area contributed by atoms with E-state index in [0.717, 1.165) is 12.1 Å². The summed E-state index contributed by atoms with van der Waals surface area (Å²) in [5.74, 6) is -2.04. The Bertz CT molecular complexity index is 1230. The van der Waals surface area contributed by atoms with E-state index in [9.17, 15) is 26.7 Å². The molecule has 2 aromatic heterocycles. The van der Waals surface area contributed by atoms with Crippen molar-refractivity contribution in [3.8, 4) is 5.75 Å². The number of fused-ring (bicyclic) bond motifs is 1. The number of hydrogen-bond donors (Lipinski definition) is 2. The van der Waals surface area contributed by atoms with Gasteiger partial charge >= 0.3 is 6.18 Å². The van der Waals surface area contributed by atoms with Gasteiger partial charge in [-0.15, -0.1) is 0 Å². The van der Waals surface area contributed by atoms with E-state index in [1.165, 1.54) is 17.4 Å². The van der Waals surface area contributed by atoms with Gasteiger partial charge in [-0.05, 0) is 49.9 Å². The number of imidazole rings is 1. The standard InChI is InChI=1S/C25H29F5N4O2/c1-14(2)20-21(23(35)32-13-24(4,31)8-9-25(28,29)30)34-11-15(3)10-19(22(34)33-20)36-12-16-17(26)6-5-7-18(16)27/h5-7,10-11,14H,8-9,12-13,31H2,1-4H3,(H,32,35). The SMILES string of the molecule is Cc1cc(OCc2c(F)cccc2F)c2nc(C(C)C)c(C(=O)NCC(C)(N)CCC(F)(F)F)n2c1. The van der Waals surface area contributed by atoms with Gasteiger partial charge in [-0.2, -0.15) is 13.2 Å². The number of nitrogens with one attached hydrogen (secondary N) is 1. The maximum absolute atomic E-state index is 14.1. The molecule has 3 aromatic rings. The Labute approximate surface area is 205 Å². The fourth-order valence-corrected chi connectivity index (χ4v) is 3.70. The Morgan fingerprint density at radius 3 is 2.42 bits per heavy atom. The number of halogens is 5. The van der Waals surface area contributed by atoms with Crippen LogP contribution < -0.4 is 15.8 Å². The lowest BCUT2D eigenvalue weighted by Crippen LogP contribution is -2.48. The summed E-state index contributed by atoms with van der Waals surface area (Å²) < 4.78 is 73.2. The van der Waals surface area contributed by atoms with Crippen molar-refractivity contribution < 1.29 is 31.5 Å². The first-order valence-corrected chi connectivity index (χ1v) is 11.4. The maximum atomic E-state index is 14.1. The summed E-state index contributed by atoms with van der Waals surface area (Å²) in [4.78, 5) is 17.7. The van der Waals surface area contributed by atoms with Crippen LogP contribution in [0.3, 0.4) is 0 Å². The van der Waals surface area contributed by atoms with E-state index < -0.39 is 42.3 Å². The summed E-state index contributed by atoms with van der Waals surface area (Å²) in [6.45, 7) is 6.27. The lowest BCUT2D eigenvalue weighted by Gasteiger charge is -2.25. The van der Waals surface area contributed by atoms with Crippen molar-refractivity contribution >= 4 is 11.6 Å². The number of ether oxygens (including phenoxy) is 1. The average Bonchev–Trinajstić information content (AvgIpc) is 3.15. The monoisotopic (exact) mass is 512 g/mol. The van der Waals surface area contributed by atoms with E-state index in [2.05, 4.69) is 10.3 Å². The number of hydrogen-bond acceptors (Lipinski definition) is 4. The van der Waals surface area contributed by atoms with Crippen LogP contribution in [-0.2, 0) is 6.61 Å². The minimum Gasteiger partial charge on any atom is -0.485 e. The van der Waals surface area contributed by atoms with E-state index in [1.807, 2.05) is 13.8 Å². The summed E-state index contributed by atoms with van der Waals surface area (Å²) in [7, 11) is 0. The summed E-state index contributed by atoms with van der Waals surface area (Å²) in [5, 5.41) is 2.63. The van der Waals surface area contributed by atoms with Crippen molar-refractivity contribution in [3.05, 3.63) is 64.6 Å². The molecule has 2 heterocycles. The Morgan fingerprint density at radius 1 is 1.19 bits per heavy atom. The van der Waals surface area contributed by atoms with Crippen LogP contribution in [0.1, 0.15) is 66.8 Å². The van der Waals surface area contributed by atoms with Gasteiger partial charge in [0.1, 0.15) is 23.9 Å². The maximum Gasteiger partial charge on any atom is 0.389 e. The number of nitrogens with zero attached hydrogens (tertiary/aromatic N) is 2. The van der Waals surface area contributed by atoms with Crippen LogP contribution >= 0.6 is 0 Å². The number of aryl methyl sites for hydroxylation is 1. The van der Waals surface area contributed by atoms with Crippen molar-refractivity contribution in [2.45, 2.75) is 64.8 Å². The van der Waals surface area contributed by atoms with Crippen LogP contribution in [0.4, 0.5) is 22.0 Å². The minimum atomic E-state index is -4.35. The number of alkyl halides is 3. The van der Waals surface area contributed by atoms with Crippen molar-refractivity contribution in [2.75, 3.05) is 6.54 Å². The molecular weight excluding hydrogens is 483 g/mol. The van der Waals surface area contributed by atoms with E-state index in [0.29, 0.717) is 11.3 Å². The number of rotatable bonds is 9. The van der Waals surface area contributed by atoms with Gasteiger partial charge in [0.25, 0.3) is 5.91 Å². The molecule has 196 valence electrons. The highest BCUT2D eigenvalue weighted by molar-refractivity contribution is 5.95. The van der Waals surface area contributed by atoms with E-state index in [4.69, 9.17) is 10.5 Å². The molecule has 0 aliphatic carbocycles. The minimum absolute atomic E-state index is 0.178. The lowest BCUT2D eigenvalue weighted by atomic mass is 9.96. The smallest absolute Gasteiger partial charge is 0.389 e. The molecule has 1 aromatic carbocycles. The van der Waals surface area contributed by atoms with Gasteiger partial charge in [0.15, 0.2) is 11.4 Å². The number of benzene rings is 1. The van der Waals surface area contributed by atoms with Crippen LogP contribution in [0.15, 0.2) is 30.5 Å². The predicted octanol–water partition coefficient (Wildman–Crippen LogP) is 5.41. The fourth-order valence-electron chi connectivity index (χ4n) is 3.70. The number of aromatic nitrogens is 2. The summed E-state index contributed by atoms with van der Waals surface area (Å²) in [6, 6.07) is 5.15. The number of pyridine rings is 1. The Balaban J connectivity index is 1.91. The molecule has 0 aliphatic heterocycles. The summed E-state index contributed by atoms with van der Waals surface area (Å²) in [5.41, 5.74) is 6.01. The third-order valence-corrected chi connectivity index (χ3v) is 5.68. The molecule has 0 saturated carbocycles. The zero-order valence-electron chi connectivity index (χ0n) is 20.5. The second-order valence-corrected chi connectivity index (χ2v) is 9.52. The second kappa shape index (κ2) is 10.4. The molecule has 0 fully saturated rings. The van der Waals surface area contributed by atoms with Crippen molar-refractivity contribution in [1.82, 2.24) is 14.7 Å². The third kappa shape index (κ3) is 6.51. The van der Waals surface area contributed by atoms with Gasteiger partial charge in [0.2, 0.25) is 0 Å². The van der Waals surface area contributed by atoms with Crippen LogP contribution in [0, 0.1) is 18.6 Å². The zero-order chi connectivity index (χ0) is 26.8. The molecule has 11 heteroatoms. The molecular formula is C25H29F5N4O2. The predicted molar refractivity (Wildman–Crippen MR) is 125 cm³/mol. The average molecular weight is 513 g/mol. The Morgan fingerprint density at radius 2 is 1.83 bits per heavy atom. The van der Waals surface area contributed by atoms with Crippen molar-refractivity contribution in [1.29, 1.82) is 0 Å². The molecule has 0 aliphatic rings. The molecule has 0 bridgehead atoms. The number of amides is 1. The molecule has 1 amide bonds. The topological polar surface area (TPSA) is 81.6 Å². The van der Waals surface area contributed by atoms with Crippen molar-refractivity contribution in [2.24, 2.45) is 5.73 Å². The fraction of sp³-hybridized carbons (Fsp3) is 0.440. The van der Waals surface area contributed by atoms with Gasteiger partial charge in [-0.1, -0.05) is 19.9 Å². The van der Waals surface area contributed by atoms with E-state index in [1.54, 1.807) is 19.2 Å². The highest BCUT2D eigenvalue weighted by Crippen LogP contribution is 2.29. The van der Waals surface area contributed by atoms with Crippen LogP contribution in [0.2, 0.25) is 0 Å². The van der Waals surface area contributed by atoms with Gasteiger partial charge in [-0.3, -0.25) is 9.20 Å². The summed E-state index contributed by atoms with van der Waals surface area (Å²) >= 11 is 0. The van der Waals surface area contributed by atoms with Crippen LogP contribution in [0.5, 0.6) is 5.75 Å². The third-order valence-electron chi connectivity index (χ3n) is 5.68. The van der Waals surface area contributed by atoms with E-state index in [-0.39, 0.29) is 41.5 Å². The largest absolute Gasteiger partial charge is 0.485 e. The number of carbonyl (C=O) groups excluding carboxylic acids is 1. The lowest BCUT2D eigenvalue weighted by molar-refractivity contribution is -0.137. The molecule has 3 N–H and O–H groups in total. The summed E-state index contributed by atoms with van der Waals surface area (Å²) in [6.07, 6.45) is -4.11. The molecule has 3 rings (SSSR count). The Kier molecular flexibility index (Phi) is 7.92. The molecule has 0 saturated heterocycles. The number of carbonyl (C=O) groups is 1. The zero-order valence-corrected chi connectivity index (χ0v) is 20.5.